The third kappa shape index (κ3) is 5.52. The van der Waals surface area contributed by atoms with E-state index in [1.165, 1.54) is 19.3 Å². The molecule has 0 radical (unpaired) electrons. The Hall–Kier alpha value is -2.25. The summed E-state index contributed by atoms with van der Waals surface area (Å²) in [6.07, 6.45) is 5.77. The lowest BCUT2D eigenvalue weighted by molar-refractivity contribution is 0.0845. The third-order valence-corrected chi connectivity index (χ3v) is 8.47. The smallest absolute Gasteiger partial charge is 0.253 e. The van der Waals surface area contributed by atoms with Crippen LogP contribution in [0.1, 0.15) is 71.8 Å². The Morgan fingerprint density at radius 1 is 1.15 bits per heavy atom. The minimum Gasteiger partial charge on any atom is -0.381 e. The number of pyridine rings is 1. The molecule has 0 spiro atoms. The van der Waals surface area contributed by atoms with Gasteiger partial charge in [0.1, 0.15) is 0 Å². The van der Waals surface area contributed by atoms with Crippen molar-refractivity contribution in [2.75, 3.05) is 24.7 Å². The quantitative estimate of drug-likeness (QED) is 0.560. The van der Waals surface area contributed by atoms with E-state index in [1.807, 2.05) is 44.7 Å². The molecule has 1 amide bonds. The largest absolute Gasteiger partial charge is 0.381 e. The van der Waals surface area contributed by atoms with E-state index in [0.29, 0.717) is 22.4 Å². The number of aryl methyl sites for hydroxylation is 2. The molecular formula is C27H37N3O3S. The molecule has 34 heavy (non-hydrogen) atoms. The Kier molecular flexibility index (Phi) is 8.04. The van der Waals surface area contributed by atoms with Crippen molar-refractivity contribution >= 4 is 23.4 Å². The maximum absolute atomic E-state index is 13.4. The van der Waals surface area contributed by atoms with Crippen LogP contribution >= 0.6 is 11.8 Å². The van der Waals surface area contributed by atoms with Crippen LogP contribution < -0.4 is 15.8 Å². The molecule has 2 aliphatic rings. The first-order chi connectivity index (χ1) is 16.4. The number of nitrogens with one attached hydrogen (secondary N) is 2. The molecule has 1 aliphatic carbocycles. The summed E-state index contributed by atoms with van der Waals surface area (Å²) in [6, 6.07) is 6.69. The summed E-state index contributed by atoms with van der Waals surface area (Å²) in [5, 5.41) is 3.66. The summed E-state index contributed by atoms with van der Waals surface area (Å²) in [6.45, 7) is 10.7. The molecule has 4 rings (SSSR count). The van der Waals surface area contributed by atoms with E-state index in [4.69, 9.17) is 4.74 Å². The van der Waals surface area contributed by atoms with E-state index in [9.17, 15) is 9.59 Å². The van der Waals surface area contributed by atoms with Crippen molar-refractivity contribution < 1.29 is 9.53 Å². The number of hydrogen-bond donors (Lipinski definition) is 2. The number of benzene rings is 1. The van der Waals surface area contributed by atoms with Crippen LogP contribution in [0.2, 0.25) is 0 Å². The first-order valence-electron chi connectivity index (χ1n) is 12.5. The summed E-state index contributed by atoms with van der Waals surface area (Å²) in [7, 11) is 0. The Balaban J connectivity index is 1.63. The van der Waals surface area contributed by atoms with Crippen LogP contribution in [0.4, 0.5) is 5.69 Å². The molecule has 1 aliphatic heterocycles. The SMILES string of the molecule is CCN(c1cc(SC2CCC2)cc(C(=O)NCc2c(C)cc(C)[nH]c2=O)c1C)C1CCOCC1. The molecule has 2 fully saturated rings. The molecular weight excluding hydrogens is 446 g/mol. The van der Waals surface area contributed by atoms with Gasteiger partial charge in [-0.2, -0.15) is 0 Å². The second-order valence-corrected chi connectivity index (χ2v) is 10.9. The number of hydrogen-bond acceptors (Lipinski definition) is 5. The summed E-state index contributed by atoms with van der Waals surface area (Å²) in [5.41, 5.74) is 5.03. The first-order valence-corrected chi connectivity index (χ1v) is 13.4. The van der Waals surface area contributed by atoms with Gasteiger partial charge in [-0.1, -0.05) is 6.42 Å². The molecule has 6 nitrogen and oxygen atoms in total. The van der Waals surface area contributed by atoms with Gasteiger partial charge in [0.05, 0.1) is 0 Å². The third-order valence-electron chi connectivity index (χ3n) is 7.15. The number of carbonyl (C=O) groups is 1. The van der Waals surface area contributed by atoms with E-state index in [1.54, 1.807) is 0 Å². The van der Waals surface area contributed by atoms with Gasteiger partial charge in [0, 0.05) is 65.0 Å². The van der Waals surface area contributed by atoms with Crippen molar-refractivity contribution in [2.24, 2.45) is 0 Å². The topological polar surface area (TPSA) is 74.4 Å². The number of H-pyrrole nitrogens is 1. The van der Waals surface area contributed by atoms with Crippen molar-refractivity contribution in [3.8, 4) is 0 Å². The highest BCUT2D eigenvalue weighted by Crippen LogP contribution is 2.40. The number of anilines is 1. The second kappa shape index (κ2) is 11.0. The van der Waals surface area contributed by atoms with Crippen LogP contribution in [-0.2, 0) is 11.3 Å². The van der Waals surface area contributed by atoms with Gasteiger partial charge in [0.25, 0.3) is 11.5 Å². The fourth-order valence-corrected chi connectivity index (χ4v) is 6.26. The molecule has 0 atom stereocenters. The molecule has 0 unspecified atom stereocenters. The second-order valence-electron chi connectivity index (χ2n) is 9.54. The van der Waals surface area contributed by atoms with Crippen molar-refractivity contribution in [1.29, 1.82) is 0 Å². The predicted molar refractivity (Wildman–Crippen MR) is 139 cm³/mol. The molecule has 0 bridgehead atoms. The normalized spacial score (nSPS) is 16.8. The molecule has 1 saturated heterocycles. The van der Waals surface area contributed by atoms with Crippen LogP contribution in [-0.4, -0.2) is 41.9 Å². The zero-order valence-electron chi connectivity index (χ0n) is 20.8. The van der Waals surface area contributed by atoms with E-state index in [-0.39, 0.29) is 18.0 Å². The van der Waals surface area contributed by atoms with Gasteiger partial charge in [-0.15, -0.1) is 11.8 Å². The highest BCUT2D eigenvalue weighted by atomic mass is 32.2. The van der Waals surface area contributed by atoms with Crippen molar-refractivity contribution in [2.45, 2.75) is 82.5 Å². The van der Waals surface area contributed by atoms with Gasteiger partial charge in [-0.3, -0.25) is 9.59 Å². The minimum atomic E-state index is -0.138. The fraction of sp³-hybridized carbons (Fsp3) is 0.556. The van der Waals surface area contributed by atoms with E-state index >= 15 is 0 Å². The number of aromatic amines is 1. The average Bonchev–Trinajstić information content (AvgIpc) is 2.78. The van der Waals surface area contributed by atoms with Gasteiger partial charge in [0.15, 0.2) is 0 Å². The first kappa shape index (κ1) is 24.9. The van der Waals surface area contributed by atoms with E-state index < -0.39 is 0 Å². The lowest BCUT2D eigenvalue weighted by Gasteiger charge is -2.37. The molecule has 184 valence electrons. The monoisotopic (exact) mass is 483 g/mol. The predicted octanol–water partition coefficient (Wildman–Crippen LogP) is 4.88. The molecule has 1 aromatic carbocycles. The van der Waals surface area contributed by atoms with Gasteiger partial charge < -0.3 is 19.9 Å². The molecule has 2 aromatic rings. The lowest BCUT2D eigenvalue weighted by Crippen LogP contribution is -2.40. The summed E-state index contributed by atoms with van der Waals surface area (Å²) in [5.74, 6) is -0.128. The highest BCUT2D eigenvalue weighted by molar-refractivity contribution is 8.00. The Bertz CT molecular complexity index is 1090. The number of nitrogens with zero attached hydrogens (tertiary/aromatic N) is 1. The van der Waals surface area contributed by atoms with Crippen molar-refractivity contribution in [3.63, 3.8) is 0 Å². The average molecular weight is 484 g/mol. The van der Waals surface area contributed by atoms with Crippen LogP contribution in [0.25, 0.3) is 0 Å². The van der Waals surface area contributed by atoms with E-state index in [0.717, 1.165) is 60.0 Å². The standard InChI is InChI=1S/C27H37N3O3S/c1-5-30(20-9-11-33-12-10-20)25-15-22(34-21-7-6-8-21)14-23(19(25)4)26(31)28-16-24-17(2)13-18(3)29-27(24)32/h13-15,20-21H,5-12,16H2,1-4H3,(H,28,31)(H,29,32). The number of thioether (sulfide) groups is 1. The van der Waals surface area contributed by atoms with Gasteiger partial charge in [-0.05, 0) is 82.7 Å². The maximum atomic E-state index is 13.4. The van der Waals surface area contributed by atoms with Gasteiger partial charge in [0.2, 0.25) is 0 Å². The van der Waals surface area contributed by atoms with E-state index in [2.05, 4.69) is 28.2 Å². The molecule has 2 heterocycles. The van der Waals surface area contributed by atoms with Gasteiger partial charge >= 0.3 is 0 Å². The number of amides is 1. The summed E-state index contributed by atoms with van der Waals surface area (Å²) < 4.78 is 5.60. The summed E-state index contributed by atoms with van der Waals surface area (Å²) in [4.78, 5) is 32.3. The molecule has 1 aromatic heterocycles. The zero-order chi connectivity index (χ0) is 24.2. The van der Waals surface area contributed by atoms with Crippen LogP contribution in [0.15, 0.2) is 27.9 Å². The zero-order valence-corrected chi connectivity index (χ0v) is 21.6. The van der Waals surface area contributed by atoms with Crippen molar-refractivity contribution in [1.82, 2.24) is 10.3 Å². The Morgan fingerprint density at radius 2 is 1.88 bits per heavy atom. The Morgan fingerprint density at radius 3 is 2.50 bits per heavy atom. The number of rotatable bonds is 8. The maximum Gasteiger partial charge on any atom is 0.253 e. The van der Waals surface area contributed by atoms with Crippen LogP contribution in [0.3, 0.4) is 0 Å². The number of ether oxygens (including phenoxy) is 1. The molecule has 7 heteroatoms. The van der Waals surface area contributed by atoms with Crippen molar-refractivity contribution in [3.05, 3.63) is 56.5 Å². The molecule has 2 N–H and O–H groups in total. The van der Waals surface area contributed by atoms with Crippen LogP contribution in [0.5, 0.6) is 0 Å². The minimum absolute atomic E-state index is 0.128. The van der Waals surface area contributed by atoms with Crippen LogP contribution in [0, 0.1) is 20.8 Å². The number of carbonyl (C=O) groups excluding carboxylic acids is 1. The lowest BCUT2D eigenvalue weighted by atomic mass is 10.00. The molecule has 1 saturated carbocycles. The fourth-order valence-electron chi connectivity index (χ4n) is 4.94. The highest BCUT2D eigenvalue weighted by Gasteiger charge is 2.26. The van der Waals surface area contributed by atoms with Gasteiger partial charge in [-0.25, -0.2) is 0 Å². The summed E-state index contributed by atoms with van der Waals surface area (Å²) >= 11 is 1.89. The Labute approximate surface area is 206 Å². The number of aromatic nitrogens is 1.